The zero-order valence-corrected chi connectivity index (χ0v) is 14.5. The molecule has 1 saturated carbocycles. The summed E-state index contributed by atoms with van der Waals surface area (Å²) >= 11 is 1.77. The van der Waals surface area contributed by atoms with Crippen LogP contribution in [0.4, 0.5) is 0 Å². The number of guanidine groups is 1. The number of rotatable bonds is 3. The minimum atomic E-state index is 0. The topological polar surface area (TPSA) is 50.4 Å². The fourth-order valence-electron chi connectivity index (χ4n) is 2.62. The van der Waals surface area contributed by atoms with E-state index in [1.807, 2.05) is 0 Å². The Morgan fingerprint density at radius 3 is 2.90 bits per heavy atom. The second-order valence-electron chi connectivity index (χ2n) is 5.12. The average Bonchev–Trinajstić information content (AvgIpc) is 3.06. The van der Waals surface area contributed by atoms with Crippen LogP contribution in [0.3, 0.4) is 0 Å². The lowest BCUT2D eigenvalue weighted by Crippen LogP contribution is -2.38. The molecule has 1 aromatic heterocycles. The summed E-state index contributed by atoms with van der Waals surface area (Å²) in [6.07, 6.45) is 5.05. The fraction of sp³-hybridized carbons (Fsp3) is 0.400. The largest absolute Gasteiger partial charge is 0.370 e. The molecular formula is C15H20IN3S. The van der Waals surface area contributed by atoms with Crippen molar-refractivity contribution >= 4 is 51.4 Å². The molecule has 1 fully saturated rings. The highest BCUT2D eigenvalue weighted by atomic mass is 127. The molecule has 0 saturated heterocycles. The first-order valence-corrected chi connectivity index (χ1v) is 7.72. The smallest absolute Gasteiger partial charge is 0.189 e. The Bertz CT molecular complexity index is 588. The van der Waals surface area contributed by atoms with Crippen molar-refractivity contribution in [1.82, 2.24) is 5.32 Å². The Kier molecular flexibility index (Phi) is 5.65. The number of hydrogen-bond acceptors (Lipinski definition) is 2. The van der Waals surface area contributed by atoms with Gasteiger partial charge in [-0.3, -0.25) is 0 Å². The van der Waals surface area contributed by atoms with Crippen molar-refractivity contribution in [3.05, 3.63) is 35.2 Å². The minimum absolute atomic E-state index is 0. The van der Waals surface area contributed by atoms with Crippen LogP contribution in [-0.2, 0) is 6.54 Å². The second-order valence-corrected chi connectivity index (χ2v) is 6.07. The van der Waals surface area contributed by atoms with Gasteiger partial charge < -0.3 is 11.1 Å². The first kappa shape index (κ1) is 15.6. The summed E-state index contributed by atoms with van der Waals surface area (Å²) < 4.78 is 1.32. The third-order valence-electron chi connectivity index (χ3n) is 3.66. The van der Waals surface area contributed by atoms with Crippen molar-refractivity contribution in [1.29, 1.82) is 0 Å². The Labute approximate surface area is 140 Å². The van der Waals surface area contributed by atoms with Crippen LogP contribution in [0.25, 0.3) is 10.1 Å². The predicted molar refractivity (Wildman–Crippen MR) is 98.0 cm³/mol. The lowest BCUT2D eigenvalue weighted by Gasteiger charge is -2.12. The van der Waals surface area contributed by atoms with Crippen LogP contribution in [0, 0.1) is 0 Å². The van der Waals surface area contributed by atoms with Crippen molar-refractivity contribution in [3.63, 3.8) is 0 Å². The Hall–Kier alpha value is -0.820. The molecule has 3 N–H and O–H groups in total. The molecule has 1 heterocycles. The van der Waals surface area contributed by atoms with Crippen molar-refractivity contribution in [2.75, 3.05) is 0 Å². The Morgan fingerprint density at radius 1 is 1.30 bits per heavy atom. The number of thiophene rings is 1. The van der Waals surface area contributed by atoms with Crippen LogP contribution in [-0.4, -0.2) is 12.0 Å². The van der Waals surface area contributed by atoms with Gasteiger partial charge in [0.1, 0.15) is 0 Å². The maximum atomic E-state index is 5.93. The number of benzene rings is 1. The van der Waals surface area contributed by atoms with E-state index in [1.165, 1.54) is 41.3 Å². The average molecular weight is 401 g/mol. The van der Waals surface area contributed by atoms with Crippen LogP contribution >= 0.6 is 35.3 Å². The van der Waals surface area contributed by atoms with Gasteiger partial charge in [-0.25, -0.2) is 4.99 Å². The molecule has 0 bridgehead atoms. The highest BCUT2D eigenvalue weighted by molar-refractivity contribution is 14.0. The van der Waals surface area contributed by atoms with Crippen molar-refractivity contribution in [2.24, 2.45) is 10.7 Å². The first-order valence-electron chi connectivity index (χ1n) is 6.84. The molecule has 0 spiro atoms. The normalized spacial score (nSPS) is 16.3. The minimum Gasteiger partial charge on any atom is -0.370 e. The molecule has 0 unspecified atom stereocenters. The molecule has 1 aliphatic rings. The van der Waals surface area contributed by atoms with Crippen LogP contribution in [0.2, 0.25) is 0 Å². The van der Waals surface area contributed by atoms with Gasteiger partial charge in [-0.1, -0.05) is 18.9 Å². The number of hydrogen-bond donors (Lipinski definition) is 2. The molecule has 0 amide bonds. The predicted octanol–water partition coefficient (Wildman–Crippen LogP) is 3.87. The zero-order valence-electron chi connectivity index (χ0n) is 11.3. The monoisotopic (exact) mass is 401 g/mol. The van der Waals surface area contributed by atoms with Crippen LogP contribution < -0.4 is 11.1 Å². The van der Waals surface area contributed by atoms with E-state index in [-0.39, 0.29) is 24.0 Å². The van der Waals surface area contributed by atoms with Gasteiger partial charge in [0.15, 0.2) is 5.96 Å². The molecule has 2 aromatic rings. The summed E-state index contributed by atoms with van der Waals surface area (Å²) in [5.41, 5.74) is 7.15. The maximum absolute atomic E-state index is 5.93. The summed E-state index contributed by atoms with van der Waals surface area (Å²) in [7, 11) is 0. The van der Waals surface area contributed by atoms with Crippen molar-refractivity contribution < 1.29 is 0 Å². The highest BCUT2D eigenvalue weighted by Gasteiger charge is 2.14. The lowest BCUT2D eigenvalue weighted by atomic mass is 10.2. The lowest BCUT2D eigenvalue weighted by molar-refractivity contribution is 0.625. The third-order valence-corrected chi connectivity index (χ3v) is 4.55. The van der Waals surface area contributed by atoms with E-state index < -0.39 is 0 Å². The van der Waals surface area contributed by atoms with Crippen LogP contribution in [0.15, 0.2) is 34.6 Å². The van der Waals surface area contributed by atoms with Gasteiger partial charge in [-0.05, 0) is 47.4 Å². The molecule has 0 atom stereocenters. The van der Waals surface area contributed by atoms with Gasteiger partial charge >= 0.3 is 0 Å². The molecule has 20 heavy (non-hydrogen) atoms. The maximum Gasteiger partial charge on any atom is 0.189 e. The fourth-order valence-corrected chi connectivity index (χ4v) is 3.39. The summed E-state index contributed by atoms with van der Waals surface area (Å²) in [6, 6.07) is 9.16. The molecule has 3 nitrogen and oxygen atoms in total. The number of nitrogens with one attached hydrogen (secondary N) is 1. The SMILES string of the molecule is I.NC(=NCc1ccc2sccc2c1)NC1CCCC1. The summed E-state index contributed by atoms with van der Waals surface area (Å²) in [6.45, 7) is 0.650. The van der Waals surface area contributed by atoms with Gasteiger partial charge in [0.25, 0.3) is 0 Å². The standard InChI is InChI=1S/C15H19N3S.HI/c16-15(18-13-3-1-2-4-13)17-10-11-5-6-14-12(9-11)7-8-19-14;/h5-9,13H,1-4,10H2,(H3,16,17,18);1H. The van der Waals surface area contributed by atoms with Gasteiger partial charge in [0.2, 0.25) is 0 Å². The molecule has 1 aliphatic carbocycles. The van der Waals surface area contributed by atoms with Gasteiger partial charge in [0, 0.05) is 10.7 Å². The summed E-state index contributed by atoms with van der Waals surface area (Å²) in [5.74, 6) is 0.581. The molecule has 0 aliphatic heterocycles. The van der Waals surface area contributed by atoms with E-state index in [0.717, 1.165) is 0 Å². The first-order chi connectivity index (χ1) is 9.31. The number of aliphatic imine (C=N–C) groups is 1. The Morgan fingerprint density at radius 2 is 2.10 bits per heavy atom. The zero-order chi connectivity index (χ0) is 13.1. The second kappa shape index (κ2) is 7.26. The quantitative estimate of drug-likeness (QED) is 0.466. The summed E-state index contributed by atoms with van der Waals surface area (Å²) in [5, 5.41) is 6.72. The van der Waals surface area contributed by atoms with Gasteiger partial charge in [-0.15, -0.1) is 35.3 Å². The number of nitrogens with two attached hydrogens (primary N) is 1. The van der Waals surface area contributed by atoms with E-state index in [4.69, 9.17) is 5.73 Å². The van der Waals surface area contributed by atoms with Gasteiger partial charge in [-0.2, -0.15) is 0 Å². The van der Waals surface area contributed by atoms with Crippen LogP contribution in [0.1, 0.15) is 31.2 Å². The van der Waals surface area contributed by atoms with Crippen LogP contribution in [0.5, 0.6) is 0 Å². The van der Waals surface area contributed by atoms with E-state index in [0.29, 0.717) is 18.5 Å². The van der Waals surface area contributed by atoms with E-state index in [9.17, 15) is 0 Å². The molecule has 0 radical (unpaired) electrons. The molecule has 1 aromatic carbocycles. The molecule has 108 valence electrons. The molecule has 5 heteroatoms. The van der Waals surface area contributed by atoms with Gasteiger partial charge in [0.05, 0.1) is 6.54 Å². The third kappa shape index (κ3) is 3.85. The van der Waals surface area contributed by atoms with Crippen molar-refractivity contribution in [2.45, 2.75) is 38.3 Å². The van der Waals surface area contributed by atoms with Crippen molar-refractivity contribution in [3.8, 4) is 0 Å². The van der Waals surface area contributed by atoms with E-state index in [2.05, 4.69) is 40.0 Å². The molecular weight excluding hydrogens is 381 g/mol. The summed E-state index contributed by atoms with van der Waals surface area (Å²) in [4.78, 5) is 4.44. The highest BCUT2D eigenvalue weighted by Crippen LogP contribution is 2.22. The van der Waals surface area contributed by atoms with E-state index >= 15 is 0 Å². The number of nitrogens with zero attached hydrogens (tertiary/aromatic N) is 1. The Balaban J connectivity index is 0.00000147. The van der Waals surface area contributed by atoms with E-state index in [1.54, 1.807) is 11.3 Å². The number of fused-ring (bicyclic) bond motifs is 1. The molecule has 3 rings (SSSR count). The number of halogens is 1.